The molecule has 0 spiro atoms. The summed E-state index contributed by atoms with van der Waals surface area (Å²) in [7, 11) is 0. The van der Waals surface area contributed by atoms with E-state index in [4.69, 9.17) is 16.3 Å². The lowest BCUT2D eigenvalue weighted by Gasteiger charge is -2.08. The monoisotopic (exact) mass is 423 g/mol. The zero-order valence-corrected chi connectivity index (χ0v) is 16.8. The summed E-state index contributed by atoms with van der Waals surface area (Å²) in [5.41, 5.74) is 3.41. The van der Waals surface area contributed by atoms with E-state index in [0.29, 0.717) is 22.9 Å². The molecule has 1 amide bonds. The van der Waals surface area contributed by atoms with Crippen LogP contribution in [-0.4, -0.2) is 22.7 Å². The van der Waals surface area contributed by atoms with Gasteiger partial charge in [0.05, 0.1) is 12.8 Å². The smallest absolute Gasteiger partial charge is 0.308 e. The van der Waals surface area contributed by atoms with Crippen LogP contribution < -0.4 is 15.7 Å². The van der Waals surface area contributed by atoms with Crippen molar-refractivity contribution in [2.24, 2.45) is 5.10 Å². The van der Waals surface area contributed by atoms with Gasteiger partial charge >= 0.3 is 5.97 Å². The molecule has 1 N–H and O–H groups in total. The molecule has 7 nitrogen and oxygen atoms in total. The number of esters is 1. The number of hydrogen-bond donors (Lipinski definition) is 1. The second-order valence-electron chi connectivity index (χ2n) is 6.35. The molecule has 0 fully saturated rings. The Balaban J connectivity index is 1.67. The third-order valence-corrected chi connectivity index (χ3v) is 4.26. The highest BCUT2D eigenvalue weighted by Crippen LogP contribution is 2.12. The quantitative estimate of drug-likeness (QED) is 0.285. The van der Waals surface area contributed by atoms with Crippen LogP contribution in [0.2, 0.25) is 5.02 Å². The summed E-state index contributed by atoms with van der Waals surface area (Å²) in [5.74, 6) is -0.617. The predicted octanol–water partition coefficient (Wildman–Crippen LogP) is 3.24. The van der Waals surface area contributed by atoms with Crippen molar-refractivity contribution in [3.8, 4) is 5.75 Å². The largest absolute Gasteiger partial charge is 0.427 e. The van der Waals surface area contributed by atoms with Gasteiger partial charge in [-0.2, -0.15) is 5.10 Å². The van der Waals surface area contributed by atoms with Crippen LogP contribution >= 0.6 is 11.6 Å². The number of halogens is 1. The van der Waals surface area contributed by atoms with Crippen molar-refractivity contribution >= 4 is 29.7 Å². The third-order valence-electron chi connectivity index (χ3n) is 4.03. The van der Waals surface area contributed by atoms with Gasteiger partial charge in [0, 0.05) is 18.1 Å². The van der Waals surface area contributed by atoms with Gasteiger partial charge in [-0.1, -0.05) is 23.7 Å². The first-order chi connectivity index (χ1) is 14.4. The molecular weight excluding hydrogens is 406 g/mol. The molecule has 30 heavy (non-hydrogen) atoms. The van der Waals surface area contributed by atoms with Crippen molar-refractivity contribution in [1.82, 2.24) is 9.99 Å². The van der Waals surface area contributed by atoms with Crippen molar-refractivity contribution in [2.75, 3.05) is 0 Å². The summed E-state index contributed by atoms with van der Waals surface area (Å²) < 4.78 is 6.37. The van der Waals surface area contributed by atoms with Gasteiger partial charge in [0.25, 0.3) is 11.5 Å². The molecule has 8 heteroatoms. The fraction of sp³-hybridized carbons (Fsp3) is 0.0909. The molecular formula is C22H18ClN3O4. The predicted molar refractivity (Wildman–Crippen MR) is 114 cm³/mol. The van der Waals surface area contributed by atoms with Crippen molar-refractivity contribution in [2.45, 2.75) is 13.5 Å². The van der Waals surface area contributed by atoms with E-state index in [-0.39, 0.29) is 5.56 Å². The normalized spacial score (nSPS) is 10.7. The number of pyridine rings is 1. The fourth-order valence-corrected chi connectivity index (χ4v) is 2.89. The van der Waals surface area contributed by atoms with Gasteiger partial charge in [-0.25, -0.2) is 5.43 Å². The number of rotatable bonds is 6. The first-order valence-electron chi connectivity index (χ1n) is 8.98. The SMILES string of the molecule is CC(=O)Oc1ccc(/C=N\NC(=O)c2cccn(Cc3cccc(Cl)c3)c2=O)cc1. The first-order valence-corrected chi connectivity index (χ1v) is 9.36. The summed E-state index contributed by atoms with van der Waals surface area (Å²) in [6.45, 7) is 1.61. The highest BCUT2D eigenvalue weighted by Gasteiger charge is 2.11. The summed E-state index contributed by atoms with van der Waals surface area (Å²) in [4.78, 5) is 35.9. The van der Waals surface area contributed by atoms with Crippen molar-refractivity contribution in [1.29, 1.82) is 0 Å². The number of hydrazone groups is 1. The zero-order chi connectivity index (χ0) is 21.5. The van der Waals surface area contributed by atoms with E-state index >= 15 is 0 Å². The Morgan fingerprint density at radius 3 is 2.60 bits per heavy atom. The Bertz CT molecular complexity index is 1150. The minimum absolute atomic E-state index is 0.0260. The molecule has 0 aliphatic heterocycles. The Labute approximate surface area is 177 Å². The lowest BCUT2D eigenvalue weighted by molar-refractivity contribution is -0.131. The van der Waals surface area contributed by atoms with Gasteiger partial charge in [-0.05, 0) is 59.7 Å². The maximum Gasteiger partial charge on any atom is 0.308 e. The molecule has 3 rings (SSSR count). The number of benzene rings is 2. The summed E-state index contributed by atoms with van der Waals surface area (Å²) >= 11 is 5.98. The first kappa shape index (κ1) is 21.0. The number of ether oxygens (including phenoxy) is 1. The van der Waals surface area contributed by atoms with Gasteiger partial charge in [-0.3, -0.25) is 14.4 Å². The van der Waals surface area contributed by atoms with Crippen molar-refractivity contribution in [3.05, 3.63) is 98.9 Å². The number of nitrogens with zero attached hydrogens (tertiary/aromatic N) is 2. The average molecular weight is 424 g/mol. The van der Waals surface area contributed by atoms with Gasteiger partial charge < -0.3 is 9.30 Å². The second kappa shape index (κ2) is 9.67. The maximum atomic E-state index is 12.6. The Morgan fingerprint density at radius 1 is 1.13 bits per heavy atom. The number of carbonyl (C=O) groups is 2. The number of aromatic nitrogens is 1. The van der Waals surface area contributed by atoms with E-state index in [1.165, 1.54) is 23.8 Å². The number of hydrogen-bond acceptors (Lipinski definition) is 5. The average Bonchev–Trinajstić information content (AvgIpc) is 2.70. The topological polar surface area (TPSA) is 89.8 Å². The molecule has 0 unspecified atom stereocenters. The molecule has 0 aliphatic rings. The van der Waals surface area contributed by atoms with Crippen LogP contribution in [0.3, 0.4) is 0 Å². The summed E-state index contributed by atoms with van der Waals surface area (Å²) in [6.07, 6.45) is 3.02. The van der Waals surface area contributed by atoms with E-state index in [9.17, 15) is 14.4 Å². The van der Waals surface area contributed by atoms with Crippen molar-refractivity contribution in [3.63, 3.8) is 0 Å². The molecule has 0 saturated heterocycles. The minimum atomic E-state index is -0.617. The zero-order valence-electron chi connectivity index (χ0n) is 16.0. The van der Waals surface area contributed by atoms with E-state index in [1.54, 1.807) is 54.7 Å². The van der Waals surface area contributed by atoms with Gasteiger partial charge in [-0.15, -0.1) is 0 Å². The number of carbonyl (C=O) groups excluding carboxylic acids is 2. The van der Waals surface area contributed by atoms with Crippen LogP contribution in [0.4, 0.5) is 0 Å². The van der Waals surface area contributed by atoms with Crippen LogP contribution in [0.5, 0.6) is 5.75 Å². The minimum Gasteiger partial charge on any atom is -0.427 e. The molecule has 0 saturated carbocycles. The number of amides is 1. The lowest BCUT2D eigenvalue weighted by Crippen LogP contribution is -2.30. The molecule has 0 radical (unpaired) electrons. The summed E-state index contributed by atoms with van der Waals surface area (Å²) in [5, 5.41) is 4.45. The van der Waals surface area contributed by atoms with E-state index in [0.717, 1.165) is 5.56 Å². The van der Waals surface area contributed by atoms with Crippen LogP contribution in [0, 0.1) is 0 Å². The second-order valence-corrected chi connectivity index (χ2v) is 6.78. The molecule has 0 atom stereocenters. The van der Waals surface area contributed by atoms with Gasteiger partial charge in [0.2, 0.25) is 0 Å². The standard InChI is InChI=1S/C22H18ClN3O4/c1-15(27)30-19-9-7-16(8-10-19)13-24-25-21(28)20-6-3-11-26(22(20)29)14-17-4-2-5-18(23)12-17/h2-13H,14H2,1H3,(H,25,28)/b24-13-. The lowest BCUT2D eigenvalue weighted by atomic mass is 10.2. The fourth-order valence-electron chi connectivity index (χ4n) is 2.68. The molecule has 1 aromatic heterocycles. The van der Waals surface area contributed by atoms with E-state index in [2.05, 4.69) is 10.5 Å². The molecule has 152 valence electrons. The summed E-state index contributed by atoms with van der Waals surface area (Å²) in [6, 6.07) is 16.8. The number of nitrogens with one attached hydrogen (secondary N) is 1. The Hall–Kier alpha value is -3.71. The van der Waals surface area contributed by atoms with Crippen molar-refractivity contribution < 1.29 is 14.3 Å². The van der Waals surface area contributed by atoms with Crippen LogP contribution in [0.1, 0.15) is 28.4 Å². The van der Waals surface area contributed by atoms with E-state index < -0.39 is 17.4 Å². The highest BCUT2D eigenvalue weighted by molar-refractivity contribution is 6.30. The van der Waals surface area contributed by atoms with Crippen LogP contribution in [0.25, 0.3) is 0 Å². The van der Waals surface area contributed by atoms with Crippen LogP contribution in [0.15, 0.2) is 76.8 Å². The molecule has 0 bridgehead atoms. The van der Waals surface area contributed by atoms with Gasteiger partial charge in [0.1, 0.15) is 11.3 Å². The van der Waals surface area contributed by atoms with Crippen LogP contribution in [-0.2, 0) is 11.3 Å². The molecule has 1 heterocycles. The molecule has 0 aliphatic carbocycles. The highest BCUT2D eigenvalue weighted by atomic mass is 35.5. The molecule has 2 aromatic carbocycles. The third kappa shape index (κ3) is 5.65. The Morgan fingerprint density at radius 2 is 1.90 bits per heavy atom. The van der Waals surface area contributed by atoms with Gasteiger partial charge in [0.15, 0.2) is 0 Å². The maximum absolute atomic E-state index is 12.6. The Kier molecular flexibility index (Phi) is 6.77. The molecule has 3 aromatic rings. The van der Waals surface area contributed by atoms with E-state index in [1.807, 2.05) is 6.07 Å².